The summed E-state index contributed by atoms with van der Waals surface area (Å²) in [6, 6.07) is 16.3. The van der Waals surface area contributed by atoms with Gasteiger partial charge in [-0.2, -0.15) is 0 Å². The van der Waals surface area contributed by atoms with Crippen LogP contribution in [0.15, 0.2) is 63.8 Å². The zero-order chi connectivity index (χ0) is 17.1. The topological polar surface area (TPSA) is 68.5 Å². The minimum atomic E-state index is -0.642. The highest BCUT2D eigenvalue weighted by Crippen LogP contribution is 2.29. The van der Waals surface area contributed by atoms with Crippen molar-refractivity contribution in [3.63, 3.8) is 0 Å². The SMILES string of the molecule is CNC(=O)C(C)Oc1ccc2c(-c3ccccc3)cc(=O)oc2c1. The number of carbonyl (C=O) groups is 1. The predicted octanol–water partition coefficient (Wildman–Crippen LogP) is 2.97. The third-order valence-corrected chi connectivity index (χ3v) is 3.73. The Morgan fingerprint density at radius 1 is 1.12 bits per heavy atom. The minimum absolute atomic E-state index is 0.227. The molecular formula is C19H17NO4. The molecule has 0 aliphatic rings. The maximum absolute atomic E-state index is 11.9. The van der Waals surface area contributed by atoms with E-state index in [2.05, 4.69) is 5.32 Å². The van der Waals surface area contributed by atoms with Gasteiger partial charge in [-0.3, -0.25) is 4.79 Å². The second kappa shape index (κ2) is 6.58. The second-order valence-corrected chi connectivity index (χ2v) is 5.38. The largest absolute Gasteiger partial charge is 0.481 e. The molecule has 1 N–H and O–H groups in total. The molecule has 2 aromatic carbocycles. The Labute approximate surface area is 138 Å². The lowest BCUT2D eigenvalue weighted by molar-refractivity contribution is -0.126. The van der Waals surface area contributed by atoms with Crippen LogP contribution in [0, 0.1) is 0 Å². The fourth-order valence-corrected chi connectivity index (χ4v) is 2.53. The highest BCUT2D eigenvalue weighted by Gasteiger charge is 2.14. The van der Waals surface area contributed by atoms with Crippen molar-refractivity contribution in [3.8, 4) is 16.9 Å². The molecule has 0 fully saturated rings. The van der Waals surface area contributed by atoms with Crippen molar-refractivity contribution in [1.29, 1.82) is 0 Å². The monoisotopic (exact) mass is 323 g/mol. The van der Waals surface area contributed by atoms with Gasteiger partial charge in [-0.15, -0.1) is 0 Å². The van der Waals surface area contributed by atoms with Gasteiger partial charge in [0.15, 0.2) is 6.10 Å². The van der Waals surface area contributed by atoms with Gasteiger partial charge in [-0.25, -0.2) is 4.79 Å². The molecule has 3 aromatic rings. The zero-order valence-electron chi connectivity index (χ0n) is 13.4. The molecule has 0 saturated carbocycles. The Bertz CT molecular complexity index is 931. The van der Waals surface area contributed by atoms with Gasteiger partial charge >= 0.3 is 5.63 Å². The molecule has 0 aliphatic carbocycles. The Morgan fingerprint density at radius 2 is 1.88 bits per heavy atom. The molecule has 1 aromatic heterocycles. The van der Waals surface area contributed by atoms with E-state index in [0.29, 0.717) is 11.3 Å². The van der Waals surface area contributed by atoms with Gasteiger partial charge in [0.05, 0.1) is 0 Å². The summed E-state index contributed by atoms with van der Waals surface area (Å²) in [6.45, 7) is 1.65. The van der Waals surface area contributed by atoms with E-state index in [1.54, 1.807) is 26.1 Å². The van der Waals surface area contributed by atoms with E-state index in [-0.39, 0.29) is 5.91 Å². The molecule has 0 radical (unpaired) electrons. The van der Waals surface area contributed by atoms with Gasteiger partial charge in [0.25, 0.3) is 5.91 Å². The fourth-order valence-electron chi connectivity index (χ4n) is 2.53. The predicted molar refractivity (Wildman–Crippen MR) is 92.1 cm³/mol. The van der Waals surface area contributed by atoms with Crippen molar-refractivity contribution in [2.75, 3.05) is 7.05 Å². The van der Waals surface area contributed by atoms with Gasteiger partial charge < -0.3 is 14.5 Å². The Hall–Kier alpha value is -3.08. The van der Waals surface area contributed by atoms with Crippen molar-refractivity contribution < 1.29 is 13.9 Å². The Morgan fingerprint density at radius 3 is 2.58 bits per heavy atom. The van der Waals surface area contributed by atoms with Crippen LogP contribution in [0.5, 0.6) is 5.75 Å². The van der Waals surface area contributed by atoms with Gasteiger partial charge in [-0.1, -0.05) is 30.3 Å². The number of hydrogen-bond donors (Lipinski definition) is 1. The van der Waals surface area contributed by atoms with Crippen molar-refractivity contribution >= 4 is 16.9 Å². The van der Waals surface area contributed by atoms with Crippen molar-refractivity contribution in [2.24, 2.45) is 0 Å². The van der Waals surface area contributed by atoms with Crippen LogP contribution in [-0.2, 0) is 4.79 Å². The zero-order valence-corrected chi connectivity index (χ0v) is 13.4. The maximum Gasteiger partial charge on any atom is 0.336 e. The number of fused-ring (bicyclic) bond motifs is 1. The molecule has 1 atom stereocenters. The average molecular weight is 323 g/mol. The number of benzene rings is 2. The summed E-state index contributed by atoms with van der Waals surface area (Å²) in [6.07, 6.45) is -0.642. The number of rotatable bonds is 4. The molecule has 0 aliphatic heterocycles. The Kier molecular flexibility index (Phi) is 4.33. The van der Waals surface area contributed by atoms with Crippen molar-refractivity contribution in [2.45, 2.75) is 13.0 Å². The molecule has 1 heterocycles. The summed E-state index contributed by atoms with van der Waals surface area (Å²) >= 11 is 0. The molecule has 0 spiro atoms. The fraction of sp³-hybridized carbons (Fsp3) is 0.158. The highest BCUT2D eigenvalue weighted by molar-refractivity contribution is 5.93. The minimum Gasteiger partial charge on any atom is -0.481 e. The molecule has 122 valence electrons. The maximum atomic E-state index is 11.9. The lowest BCUT2D eigenvalue weighted by Gasteiger charge is -2.13. The quantitative estimate of drug-likeness (QED) is 0.750. The lowest BCUT2D eigenvalue weighted by atomic mass is 10.0. The van der Waals surface area contributed by atoms with E-state index in [4.69, 9.17) is 9.15 Å². The molecule has 5 heteroatoms. The van der Waals surface area contributed by atoms with Crippen LogP contribution in [-0.4, -0.2) is 19.1 Å². The van der Waals surface area contributed by atoms with E-state index >= 15 is 0 Å². The highest BCUT2D eigenvalue weighted by atomic mass is 16.5. The first-order valence-electron chi connectivity index (χ1n) is 7.60. The van der Waals surface area contributed by atoms with Crippen LogP contribution < -0.4 is 15.7 Å². The van der Waals surface area contributed by atoms with Crippen LogP contribution >= 0.6 is 0 Å². The van der Waals surface area contributed by atoms with Gasteiger partial charge in [0.1, 0.15) is 11.3 Å². The van der Waals surface area contributed by atoms with Gasteiger partial charge in [-0.05, 0) is 30.2 Å². The number of carbonyl (C=O) groups excluding carboxylic acids is 1. The molecule has 1 unspecified atom stereocenters. The van der Waals surface area contributed by atoms with Crippen LogP contribution in [0.25, 0.3) is 22.1 Å². The number of likely N-dealkylation sites (N-methyl/N-ethyl adjacent to an activating group) is 1. The first-order valence-corrected chi connectivity index (χ1v) is 7.60. The standard InChI is InChI=1S/C19H17NO4/c1-12(19(22)20-2)23-14-8-9-15-16(13-6-4-3-5-7-13)11-18(21)24-17(15)10-14/h3-12H,1-2H3,(H,20,22). The molecule has 3 rings (SSSR count). The number of ether oxygens (including phenoxy) is 1. The first-order chi connectivity index (χ1) is 11.6. The van der Waals surface area contributed by atoms with Crippen LogP contribution in [0.4, 0.5) is 0 Å². The van der Waals surface area contributed by atoms with E-state index in [0.717, 1.165) is 16.5 Å². The molecule has 1 amide bonds. The van der Waals surface area contributed by atoms with Crippen molar-refractivity contribution in [3.05, 3.63) is 65.0 Å². The third kappa shape index (κ3) is 3.15. The summed E-state index contributed by atoms with van der Waals surface area (Å²) < 4.78 is 10.9. The van der Waals surface area contributed by atoms with Gasteiger partial charge in [0.2, 0.25) is 0 Å². The molecular weight excluding hydrogens is 306 g/mol. The number of hydrogen-bond acceptors (Lipinski definition) is 4. The molecule has 0 bridgehead atoms. The molecule has 0 saturated heterocycles. The van der Waals surface area contributed by atoms with Crippen molar-refractivity contribution in [1.82, 2.24) is 5.32 Å². The smallest absolute Gasteiger partial charge is 0.336 e. The summed E-state index contributed by atoms with van der Waals surface area (Å²) in [4.78, 5) is 23.5. The summed E-state index contributed by atoms with van der Waals surface area (Å²) in [5, 5.41) is 3.33. The number of nitrogens with one attached hydrogen (secondary N) is 1. The summed E-state index contributed by atoms with van der Waals surface area (Å²) in [7, 11) is 1.55. The third-order valence-electron chi connectivity index (χ3n) is 3.73. The lowest BCUT2D eigenvalue weighted by Crippen LogP contribution is -2.33. The van der Waals surface area contributed by atoms with E-state index in [9.17, 15) is 9.59 Å². The van der Waals surface area contributed by atoms with Crippen LogP contribution in [0.3, 0.4) is 0 Å². The second-order valence-electron chi connectivity index (χ2n) is 5.38. The van der Waals surface area contributed by atoms with Crippen LogP contribution in [0.2, 0.25) is 0 Å². The summed E-state index contributed by atoms with van der Waals surface area (Å²) in [5.41, 5.74) is 1.72. The molecule has 5 nitrogen and oxygen atoms in total. The van der Waals surface area contributed by atoms with Crippen LogP contribution in [0.1, 0.15) is 6.92 Å². The normalized spacial score (nSPS) is 11.9. The first kappa shape index (κ1) is 15.8. The Balaban J connectivity index is 2.05. The van der Waals surface area contributed by atoms with E-state index < -0.39 is 11.7 Å². The van der Waals surface area contributed by atoms with E-state index in [1.165, 1.54) is 6.07 Å². The van der Waals surface area contributed by atoms with E-state index in [1.807, 2.05) is 36.4 Å². The average Bonchev–Trinajstić information content (AvgIpc) is 2.60. The van der Waals surface area contributed by atoms with Gasteiger partial charge in [0, 0.05) is 24.6 Å². The number of amides is 1. The summed E-state index contributed by atoms with van der Waals surface area (Å²) in [5.74, 6) is 0.238. The molecule has 24 heavy (non-hydrogen) atoms.